The maximum atomic E-state index is 12.3. The maximum Gasteiger partial charge on any atom is 0.326 e. The first-order valence-electron chi connectivity index (χ1n) is 7.68. The number of carbonyl (C=O) groups excluding carboxylic acids is 1. The minimum absolute atomic E-state index is 0.0710. The van der Waals surface area contributed by atoms with Gasteiger partial charge in [0, 0.05) is 12.1 Å². The summed E-state index contributed by atoms with van der Waals surface area (Å²) in [6.45, 7) is 13.0. The molecule has 0 aromatic carbocycles. The van der Waals surface area contributed by atoms with Crippen molar-refractivity contribution in [3.05, 3.63) is 0 Å². The Hall–Kier alpha value is -0.610. The van der Waals surface area contributed by atoms with E-state index in [1.807, 2.05) is 6.92 Å². The molecule has 0 heterocycles. The van der Waals surface area contributed by atoms with Crippen molar-refractivity contribution in [3.63, 3.8) is 0 Å². The molecule has 1 N–H and O–H groups in total. The zero-order chi connectivity index (χ0) is 14.5. The highest BCUT2D eigenvalue weighted by Crippen LogP contribution is 2.34. The SMILES string of the molecule is CCOC(=O)C1(NC(C)C)CCC(N(CC)CC)C1. The molecule has 1 rings (SSSR count). The molecule has 0 aromatic rings. The van der Waals surface area contributed by atoms with Gasteiger partial charge in [0.15, 0.2) is 0 Å². The van der Waals surface area contributed by atoms with E-state index in [9.17, 15) is 4.79 Å². The molecule has 0 aliphatic heterocycles. The molecule has 1 saturated carbocycles. The Kier molecular flexibility index (Phi) is 6.27. The van der Waals surface area contributed by atoms with Crippen LogP contribution in [0, 0.1) is 0 Å². The molecule has 0 amide bonds. The molecule has 19 heavy (non-hydrogen) atoms. The highest BCUT2D eigenvalue weighted by atomic mass is 16.5. The minimum Gasteiger partial charge on any atom is -0.465 e. The maximum absolute atomic E-state index is 12.3. The number of carbonyl (C=O) groups is 1. The van der Waals surface area contributed by atoms with E-state index in [4.69, 9.17) is 4.74 Å². The van der Waals surface area contributed by atoms with E-state index < -0.39 is 5.54 Å². The molecule has 0 bridgehead atoms. The molecule has 112 valence electrons. The molecule has 1 fully saturated rings. The molecule has 0 spiro atoms. The van der Waals surface area contributed by atoms with Crippen molar-refractivity contribution in [1.29, 1.82) is 0 Å². The monoisotopic (exact) mass is 270 g/mol. The van der Waals surface area contributed by atoms with Gasteiger partial charge in [0.1, 0.15) is 5.54 Å². The molecule has 1 aliphatic carbocycles. The Labute approximate surface area is 117 Å². The lowest BCUT2D eigenvalue weighted by Crippen LogP contribution is -2.54. The van der Waals surface area contributed by atoms with Gasteiger partial charge in [-0.05, 0) is 53.1 Å². The summed E-state index contributed by atoms with van der Waals surface area (Å²) in [5.41, 5.74) is -0.475. The third-order valence-electron chi connectivity index (χ3n) is 4.05. The van der Waals surface area contributed by atoms with E-state index in [-0.39, 0.29) is 5.97 Å². The second-order valence-electron chi connectivity index (χ2n) is 5.72. The summed E-state index contributed by atoms with van der Waals surface area (Å²) in [7, 11) is 0. The smallest absolute Gasteiger partial charge is 0.326 e. The molecule has 2 unspecified atom stereocenters. The molecule has 4 heteroatoms. The van der Waals surface area contributed by atoms with Gasteiger partial charge in [0.25, 0.3) is 0 Å². The number of ether oxygens (including phenoxy) is 1. The molecule has 0 radical (unpaired) electrons. The number of rotatable bonds is 7. The van der Waals surface area contributed by atoms with Crippen LogP contribution in [-0.4, -0.2) is 48.2 Å². The van der Waals surface area contributed by atoms with Crippen molar-refractivity contribution >= 4 is 5.97 Å². The Morgan fingerprint density at radius 1 is 1.37 bits per heavy atom. The number of nitrogens with zero attached hydrogens (tertiary/aromatic N) is 1. The summed E-state index contributed by atoms with van der Waals surface area (Å²) in [5.74, 6) is -0.0710. The first-order chi connectivity index (χ1) is 8.99. The van der Waals surface area contributed by atoms with Gasteiger partial charge in [-0.3, -0.25) is 10.1 Å². The zero-order valence-corrected chi connectivity index (χ0v) is 13.2. The minimum atomic E-state index is -0.475. The summed E-state index contributed by atoms with van der Waals surface area (Å²) in [5, 5.41) is 3.47. The van der Waals surface area contributed by atoms with Crippen molar-refractivity contribution in [2.75, 3.05) is 19.7 Å². The Bertz CT molecular complexity index is 290. The lowest BCUT2D eigenvalue weighted by Gasteiger charge is -2.32. The summed E-state index contributed by atoms with van der Waals surface area (Å²) in [4.78, 5) is 14.8. The van der Waals surface area contributed by atoms with Crippen LogP contribution in [0.1, 0.15) is 53.9 Å². The lowest BCUT2D eigenvalue weighted by atomic mass is 9.96. The predicted molar refractivity (Wildman–Crippen MR) is 78.2 cm³/mol. The Morgan fingerprint density at radius 3 is 2.47 bits per heavy atom. The van der Waals surface area contributed by atoms with Crippen LogP contribution in [0.15, 0.2) is 0 Å². The number of hydrogen-bond acceptors (Lipinski definition) is 4. The zero-order valence-electron chi connectivity index (χ0n) is 13.2. The van der Waals surface area contributed by atoms with E-state index in [0.29, 0.717) is 18.7 Å². The van der Waals surface area contributed by atoms with Crippen LogP contribution in [-0.2, 0) is 9.53 Å². The van der Waals surface area contributed by atoms with E-state index in [0.717, 1.165) is 32.4 Å². The van der Waals surface area contributed by atoms with Crippen LogP contribution in [0.3, 0.4) is 0 Å². The van der Waals surface area contributed by atoms with Crippen LogP contribution in [0.2, 0.25) is 0 Å². The normalized spacial score (nSPS) is 27.2. The number of hydrogen-bond donors (Lipinski definition) is 1. The van der Waals surface area contributed by atoms with Crippen LogP contribution < -0.4 is 5.32 Å². The highest BCUT2D eigenvalue weighted by molar-refractivity contribution is 5.81. The fraction of sp³-hybridized carbons (Fsp3) is 0.933. The van der Waals surface area contributed by atoms with Gasteiger partial charge in [-0.15, -0.1) is 0 Å². The van der Waals surface area contributed by atoms with Crippen molar-refractivity contribution < 1.29 is 9.53 Å². The second-order valence-corrected chi connectivity index (χ2v) is 5.72. The van der Waals surface area contributed by atoms with E-state index >= 15 is 0 Å². The van der Waals surface area contributed by atoms with Gasteiger partial charge >= 0.3 is 5.97 Å². The standard InChI is InChI=1S/C15H30N2O2/c1-6-17(7-2)13-9-10-15(11-13,16-12(4)5)14(18)19-8-3/h12-13,16H,6-11H2,1-5H3. The van der Waals surface area contributed by atoms with E-state index in [1.165, 1.54) is 0 Å². The molecule has 1 aliphatic rings. The van der Waals surface area contributed by atoms with Crippen molar-refractivity contribution in [2.45, 2.75) is 71.5 Å². The quantitative estimate of drug-likeness (QED) is 0.720. The van der Waals surface area contributed by atoms with Crippen LogP contribution in [0.4, 0.5) is 0 Å². The topological polar surface area (TPSA) is 41.6 Å². The Balaban J connectivity index is 2.80. The molecule has 2 atom stereocenters. The molecular weight excluding hydrogens is 240 g/mol. The lowest BCUT2D eigenvalue weighted by molar-refractivity contribution is -0.151. The third kappa shape index (κ3) is 3.93. The third-order valence-corrected chi connectivity index (χ3v) is 4.05. The average molecular weight is 270 g/mol. The van der Waals surface area contributed by atoms with E-state index in [2.05, 4.69) is 37.9 Å². The first-order valence-corrected chi connectivity index (χ1v) is 7.68. The van der Waals surface area contributed by atoms with Gasteiger partial charge in [0.05, 0.1) is 6.61 Å². The van der Waals surface area contributed by atoms with Crippen LogP contribution >= 0.6 is 0 Å². The summed E-state index contributed by atoms with van der Waals surface area (Å²) >= 11 is 0. The van der Waals surface area contributed by atoms with Crippen molar-refractivity contribution in [1.82, 2.24) is 10.2 Å². The predicted octanol–water partition coefficient (Wildman–Crippen LogP) is 2.18. The summed E-state index contributed by atoms with van der Waals surface area (Å²) < 4.78 is 5.31. The fourth-order valence-electron chi connectivity index (χ4n) is 3.27. The van der Waals surface area contributed by atoms with Gasteiger partial charge in [-0.2, -0.15) is 0 Å². The van der Waals surface area contributed by atoms with Gasteiger partial charge in [0.2, 0.25) is 0 Å². The van der Waals surface area contributed by atoms with Crippen LogP contribution in [0.5, 0.6) is 0 Å². The number of esters is 1. The van der Waals surface area contributed by atoms with Gasteiger partial charge in [-0.25, -0.2) is 0 Å². The highest BCUT2D eigenvalue weighted by Gasteiger charge is 2.47. The van der Waals surface area contributed by atoms with Gasteiger partial charge < -0.3 is 9.64 Å². The Morgan fingerprint density at radius 2 is 2.00 bits per heavy atom. The second kappa shape index (κ2) is 7.25. The van der Waals surface area contributed by atoms with E-state index in [1.54, 1.807) is 0 Å². The largest absolute Gasteiger partial charge is 0.465 e. The van der Waals surface area contributed by atoms with Gasteiger partial charge in [-0.1, -0.05) is 13.8 Å². The summed E-state index contributed by atoms with van der Waals surface area (Å²) in [6, 6.07) is 0.783. The van der Waals surface area contributed by atoms with Crippen molar-refractivity contribution in [3.8, 4) is 0 Å². The van der Waals surface area contributed by atoms with Crippen LogP contribution in [0.25, 0.3) is 0 Å². The molecule has 0 aromatic heterocycles. The summed E-state index contributed by atoms with van der Waals surface area (Å²) in [6.07, 6.45) is 2.82. The fourth-order valence-corrected chi connectivity index (χ4v) is 3.27. The molecule has 4 nitrogen and oxygen atoms in total. The molecular formula is C15H30N2O2. The van der Waals surface area contributed by atoms with Crippen molar-refractivity contribution in [2.24, 2.45) is 0 Å². The molecule has 0 saturated heterocycles. The first kappa shape index (κ1) is 16.4. The average Bonchev–Trinajstić information content (AvgIpc) is 2.76. The number of nitrogens with one attached hydrogen (secondary N) is 1.